The molecule has 32 heavy (non-hydrogen) atoms. The lowest BCUT2D eigenvalue weighted by atomic mass is 9.88. The molecule has 0 aliphatic carbocycles. The Morgan fingerprint density at radius 1 is 1.03 bits per heavy atom. The van der Waals surface area contributed by atoms with Gasteiger partial charge in [-0.3, -0.25) is 0 Å². The minimum absolute atomic E-state index is 0.245. The van der Waals surface area contributed by atoms with Gasteiger partial charge in [0, 0.05) is 35.5 Å². The molecule has 6 heteroatoms. The number of aromatic nitrogens is 1. The molecule has 0 unspecified atom stereocenters. The lowest BCUT2D eigenvalue weighted by Crippen LogP contribution is -2.09. The molecule has 0 saturated carbocycles. The maximum Gasteiger partial charge on any atom is 0.194 e. The van der Waals surface area contributed by atoms with Gasteiger partial charge in [-0.25, -0.2) is 4.98 Å². The van der Waals surface area contributed by atoms with Crippen LogP contribution in [0.4, 0.5) is 0 Å². The van der Waals surface area contributed by atoms with Crippen LogP contribution in [0.3, 0.4) is 0 Å². The van der Waals surface area contributed by atoms with Crippen molar-refractivity contribution in [3.63, 3.8) is 0 Å². The number of hydrogen-bond donors (Lipinski definition) is 2. The van der Waals surface area contributed by atoms with Crippen molar-refractivity contribution >= 4 is 45.5 Å². The first-order valence-corrected chi connectivity index (χ1v) is 11.9. The molecule has 2 N–H and O–H groups in total. The maximum absolute atomic E-state index is 9.82. The number of benzene rings is 2. The fourth-order valence-corrected chi connectivity index (χ4v) is 4.75. The molecule has 2 aromatic carbocycles. The average Bonchev–Trinajstić information content (AvgIpc) is 3.18. The normalized spacial score (nSPS) is 12.2. The second-order valence-electron chi connectivity index (χ2n) is 7.39. The predicted molar refractivity (Wildman–Crippen MR) is 134 cm³/mol. The van der Waals surface area contributed by atoms with Crippen LogP contribution in [0, 0.1) is 0 Å². The van der Waals surface area contributed by atoms with E-state index in [0.717, 1.165) is 57.0 Å². The first-order valence-electron chi connectivity index (χ1n) is 10.5. The quantitative estimate of drug-likeness (QED) is 0.169. The number of pyridine rings is 1. The molecular formula is C26H25ClN2O2S. The molecule has 0 saturated heterocycles. The number of halogens is 1. The number of rotatable bonds is 8. The Morgan fingerprint density at radius 3 is 2.47 bits per heavy atom. The number of hydrogen-bond acceptors (Lipinski definition) is 5. The minimum Gasteiger partial charge on any atom is -0.508 e. The monoisotopic (exact) mass is 464 g/mol. The van der Waals surface area contributed by atoms with E-state index < -0.39 is 0 Å². The van der Waals surface area contributed by atoms with Gasteiger partial charge >= 0.3 is 0 Å². The van der Waals surface area contributed by atoms with E-state index in [1.165, 1.54) is 5.57 Å². The van der Waals surface area contributed by atoms with Crippen molar-refractivity contribution in [2.45, 2.75) is 18.4 Å². The molecule has 4 nitrogen and oxygen atoms in total. The molecule has 0 aliphatic heterocycles. The molecule has 2 aromatic heterocycles. The van der Waals surface area contributed by atoms with Crippen molar-refractivity contribution < 1.29 is 9.52 Å². The Labute approximate surface area is 197 Å². The van der Waals surface area contributed by atoms with Crippen LogP contribution in [-0.4, -0.2) is 29.4 Å². The molecule has 0 atom stereocenters. The smallest absolute Gasteiger partial charge is 0.194 e. The summed E-state index contributed by atoms with van der Waals surface area (Å²) < 4.78 is 5.54. The molecule has 0 fully saturated rings. The predicted octanol–water partition coefficient (Wildman–Crippen LogP) is 6.87. The van der Waals surface area contributed by atoms with Gasteiger partial charge in [0.1, 0.15) is 11.3 Å². The average molecular weight is 465 g/mol. The Hall–Kier alpha value is -2.73. The van der Waals surface area contributed by atoms with Crippen LogP contribution in [0.25, 0.3) is 22.1 Å². The second-order valence-corrected chi connectivity index (χ2v) is 8.88. The van der Waals surface area contributed by atoms with Gasteiger partial charge in [-0.15, -0.1) is 11.8 Å². The minimum atomic E-state index is 0.245. The summed E-state index contributed by atoms with van der Waals surface area (Å²) in [4.78, 5) is 4.70. The van der Waals surface area contributed by atoms with E-state index in [4.69, 9.17) is 21.0 Å². The van der Waals surface area contributed by atoms with Crippen molar-refractivity contribution in [2.24, 2.45) is 0 Å². The van der Waals surface area contributed by atoms with Gasteiger partial charge < -0.3 is 14.8 Å². The number of phenolic OH excluding ortho intramolecular Hbond substituents is 1. The molecule has 0 aliphatic rings. The summed E-state index contributed by atoms with van der Waals surface area (Å²) in [5.41, 5.74) is 6.23. The number of furan rings is 1. The number of nitrogens with one attached hydrogen (secondary N) is 1. The highest BCUT2D eigenvalue weighted by Gasteiger charge is 2.15. The van der Waals surface area contributed by atoms with E-state index in [1.54, 1.807) is 23.9 Å². The third-order valence-electron chi connectivity index (χ3n) is 5.27. The van der Waals surface area contributed by atoms with E-state index in [9.17, 15) is 5.11 Å². The summed E-state index contributed by atoms with van der Waals surface area (Å²) in [5.74, 6) is 1.21. The molecule has 4 rings (SSSR count). The van der Waals surface area contributed by atoms with Gasteiger partial charge in [-0.2, -0.15) is 0 Å². The van der Waals surface area contributed by atoms with Crippen LogP contribution in [-0.2, 0) is 0 Å². The summed E-state index contributed by atoms with van der Waals surface area (Å²) in [5, 5.41) is 15.3. The Kier molecular flexibility index (Phi) is 7.20. The molecule has 0 spiro atoms. The highest BCUT2D eigenvalue weighted by Crippen LogP contribution is 2.36. The zero-order chi connectivity index (χ0) is 22.5. The highest BCUT2D eigenvalue weighted by atomic mass is 35.5. The molecule has 0 bridgehead atoms. The number of allylic oxidation sites excluding steroid dienone is 1. The van der Waals surface area contributed by atoms with Crippen molar-refractivity contribution in [3.05, 3.63) is 88.8 Å². The van der Waals surface area contributed by atoms with Crippen molar-refractivity contribution in [3.8, 4) is 5.75 Å². The van der Waals surface area contributed by atoms with Crippen LogP contribution in [0.5, 0.6) is 5.75 Å². The largest absolute Gasteiger partial charge is 0.508 e. The summed E-state index contributed by atoms with van der Waals surface area (Å²) >= 11 is 7.79. The molecule has 0 amide bonds. The van der Waals surface area contributed by atoms with E-state index >= 15 is 0 Å². The fraction of sp³-hybridized carbons (Fsp3) is 0.192. The molecule has 4 aromatic rings. The van der Waals surface area contributed by atoms with E-state index in [-0.39, 0.29) is 5.75 Å². The third kappa shape index (κ3) is 5.01. The maximum atomic E-state index is 9.82. The summed E-state index contributed by atoms with van der Waals surface area (Å²) in [6.45, 7) is 3.09. The highest BCUT2D eigenvalue weighted by molar-refractivity contribution is 7.99. The summed E-state index contributed by atoms with van der Waals surface area (Å²) in [6, 6.07) is 19.5. The zero-order valence-electron chi connectivity index (χ0n) is 18.1. The Balaban J connectivity index is 1.83. The SMILES string of the molecule is CC/C(=C(/c1ccc(O)cc1)c1ccc(SCCNC)nc1)c1ccc2oc(Cl)cc2c1. The van der Waals surface area contributed by atoms with Gasteiger partial charge in [0.2, 0.25) is 0 Å². The summed E-state index contributed by atoms with van der Waals surface area (Å²) in [6.07, 6.45) is 2.76. The van der Waals surface area contributed by atoms with Gasteiger partial charge in [-0.1, -0.05) is 31.2 Å². The molecule has 2 heterocycles. The van der Waals surface area contributed by atoms with Crippen LogP contribution in [0.15, 0.2) is 76.3 Å². The first kappa shape index (κ1) is 22.5. The van der Waals surface area contributed by atoms with Crippen LogP contribution in [0.1, 0.15) is 30.0 Å². The van der Waals surface area contributed by atoms with Crippen molar-refractivity contribution in [2.75, 3.05) is 19.3 Å². The Bertz CT molecular complexity index is 1230. The lowest BCUT2D eigenvalue weighted by molar-refractivity contribution is 0.475. The van der Waals surface area contributed by atoms with Crippen molar-refractivity contribution in [1.29, 1.82) is 0 Å². The van der Waals surface area contributed by atoms with Crippen molar-refractivity contribution in [1.82, 2.24) is 10.3 Å². The van der Waals surface area contributed by atoms with E-state index in [2.05, 4.69) is 36.5 Å². The van der Waals surface area contributed by atoms with Gasteiger partial charge in [0.15, 0.2) is 5.22 Å². The van der Waals surface area contributed by atoms with Crippen LogP contribution in [0.2, 0.25) is 5.22 Å². The van der Waals surface area contributed by atoms with Gasteiger partial charge in [0.25, 0.3) is 0 Å². The standard InChI is InChI=1S/C26H25ClN2O2S/c1-3-22(18-6-10-23-20(14-18)15-24(27)31-23)26(17-4-8-21(30)9-5-17)19-7-11-25(29-16-19)32-13-12-28-2/h4-11,14-16,28,30H,3,12-13H2,1-2H3/b26-22+. The van der Waals surface area contributed by atoms with Gasteiger partial charge in [-0.05, 0) is 77.7 Å². The molecular weight excluding hydrogens is 440 g/mol. The third-order valence-corrected chi connectivity index (χ3v) is 6.40. The number of thioether (sulfide) groups is 1. The number of fused-ring (bicyclic) bond motifs is 1. The summed E-state index contributed by atoms with van der Waals surface area (Å²) in [7, 11) is 1.95. The molecule has 0 radical (unpaired) electrons. The number of nitrogens with zero attached hydrogens (tertiary/aromatic N) is 1. The zero-order valence-corrected chi connectivity index (χ0v) is 19.6. The number of aromatic hydroxyl groups is 1. The van der Waals surface area contributed by atoms with E-state index in [0.29, 0.717) is 5.22 Å². The second kappa shape index (κ2) is 10.3. The fourth-order valence-electron chi connectivity index (χ4n) is 3.74. The Morgan fingerprint density at radius 2 is 1.78 bits per heavy atom. The number of phenols is 1. The van der Waals surface area contributed by atoms with Crippen LogP contribution >= 0.6 is 23.4 Å². The molecule has 164 valence electrons. The lowest BCUT2D eigenvalue weighted by Gasteiger charge is -2.16. The first-order chi connectivity index (χ1) is 15.6. The van der Waals surface area contributed by atoms with E-state index in [1.807, 2.05) is 37.5 Å². The van der Waals surface area contributed by atoms with Gasteiger partial charge in [0.05, 0.1) is 5.03 Å². The topological polar surface area (TPSA) is 58.3 Å². The van der Waals surface area contributed by atoms with Crippen LogP contribution < -0.4 is 5.32 Å².